The maximum Gasteiger partial charge on any atom is 0.236 e. The number of carbonyl (C=O) groups is 2. The van der Waals surface area contributed by atoms with Crippen LogP contribution in [0.5, 0.6) is 0 Å². The number of carbonyl (C=O) groups excluding carboxylic acids is 2. The highest BCUT2D eigenvalue weighted by molar-refractivity contribution is 5.82. The third kappa shape index (κ3) is 4.18. The zero-order valence-electron chi connectivity index (χ0n) is 9.87. The van der Waals surface area contributed by atoms with Gasteiger partial charge in [-0.25, -0.2) is 0 Å². The van der Waals surface area contributed by atoms with Gasteiger partial charge in [-0.2, -0.15) is 0 Å². The van der Waals surface area contributed by atoms with Gasteiger partial charge in [0, 0.05) is 26.1 Å². The molecule has 0 unspecified atom stereocenters. The van der Waals surface area contributed by atoms with Gasteiger partial charge in [-0.05, 0) is 26.2 Å². The molecule has 16 heavy (non-hydrogen) atoms. The number of amides is 2. The van der Waals surface area contributed by atoms with Gasteiger partial charge in [0.2, 0.25) is 11.8 Å². The van der Waals surface area contributed by atoms with E-state index in [4.69, 9.17) is 5.73 Å². The quantitative estimate of drug-likeness (QED) is 0.701. The Morgan fingerprint density at radius 3 is 2.50 bits per heavy atom. The fourth-order valence-corrected chi connectivity index (χ4v) is 1.76. The van der Waals surface area contributed by atoms with E-state index in [1.54, 1.807) is 6.92 Å². The molecule has 0 radical (unpaired) electrons. The molecule has 1 fully saturated rings. The molecular weight excluding hydrogens is 206 g/mol. The van der Waals surface area contributed by atoms with Crippen LogP contribution in [-0.4, -0.2) is 42.4 Å². The van der Waals surface area contributed by atoms with Crippen LogP contribution in [0.1, 0.15) is 32.6 Å². The zero-order valence-corrected chi connectivity index (χ0v) is 9.87. The molecular formula is C11H21N3O2. The highest BCUT2D eigenvalue weighted by Gasteiger charge is 2.16. The highest BCUT2D eigenvalue weighted by atomic mass is 16.2. The maximum absolute atomic E-state index is 11.7. The van der Waals surface area contributed by atoms with E-state index in [-0.39, 0.29) is 11.8 Å². The molecule has 0 aromatic carbocycles. The molecule has 2 amide bonds. The van der Waals surface area contributed by atoms with Crippen LogP contribution in [0.4, 0.5) is 0 Å². The number of nitrogens with one attached hydrogen (secondary N) is 1. The molecule has 5 nitrogen and oxygen atoms in total. The van der Waals surface area contributed by atoms with E-state index >= 15 is 0 Å². The third-order valence-electron chi connectivity index (χ3n) is 2.76. The first-order valence-corrected chi connectivity index (χ1v) is 5.92. The van der Waals surface area contributed by atoms with Crippen LogP contribution >= 0.6 is 0 Å². The lowest BCUT2D eigenvalue weighted by atomic mass is 10.1. The summed E-state index contributed by atoms with van der Waals surface area (Å²) in [6.07, 6.45) is 3.78. The van der Waals surface area contributed by atoms with Crippen LogP contribution < -0.4 is 11.1 Å². The van der Waals surface area contributed by atoms with Crippen LogP contribution in [0, 0.1) is 0 Å². The van der Waals surface area contributed by atoms with Gasteiger partial charge in [0.15, 0.2) is 0 Å². The maximum atomic E-state index is 11.7. The Kier molecular flexibility index (Phi) is 5.25. The summed E-state index contributed by atoms with van der Waals surface area (Å²) in [4.78, 5) is 24.7. The van der Waals surface area contributed by atoms with Crippen molar-refractivity contribution in [1.82, 2.24) is 10.2 Å². The highest BCUT2D eigenvalue weighted by Crippen LogP contribution is 2.09. The molecule has 0 aliphatic carbocycles. The molecule has 5 heteroatoms. The molecule has 0 spiro atoms. The van der Waals surface area contributed by atoms with Crippen molar-refractivity contribution >= 4 is 11.8 Å². The first-order valence-electron chi connectivity index (χ1n) is 5.92. The van der Waals surface area contributed by atoms with Gasteiger partial charge < -0.3 is 16.0 Å². The summed E-state index contributed by atoms with van der Waals surface area (Å²) >= 11 is 0. The molecule has 0 aromatic rings. The summed E-state index contributed by atoms with van der Waals surface area (Å²) in [7, 11) is 0. The number of nitrogens with zero attached hydrogens (tertiary/aromatic N) is 1. The Bertz CT molecular complexity index is 248. The lowest BCUT2D eigenvalue weighted by Gasteiger charge is -2.26. The van der Waals surface area contributed by atoms with Crippen molar-refractivity contribution in [2.75, 3.05) is 19.6 Å². The molecule has 1 rings (SSSR count). The van der Waals surface area contributed by atoms with E-state index in [2.05, 4.69) is 5.32 Å². The summed E-state index contributed by atoms with van der Waals surface area (Å²) in [6, 6.07) is -0.509. The Hall–Kier alpha value is -1.10. The predicted octanol–water partition coefficient (Wildman–Crippen LogP) is -0.148. The van der Waals surface area contributed by atoms with Gasteiger partial charge in [-0.15, -0.1) is 0 Å². The molecule has 1 saturated heterocycles. The van der Waals surface area contributed by atoms with Crippen molar-refractivity contribution in [3.63, 3.8) is 0 Å². The number of nitrogens with two attached hydrogens (primary N) is 1. The zero-order chi connectivity index (χ0) is 12.0. The van der Waals surface area contributed by atoms with E-state index in [0.29, 0.717) is 13.0 Å². The summed E-state index contributed by atoms with van der Waals surface area (Å²) in [5.41, 5.74) is 5.39. The molecule has 1 aliphatic heterocycles. The van der Waals surface area contributed by atoms with Crippen LogP contribution in [0.25, 0.3) is 0 Å². The topological polar surface area (TPSA) is 75.4 Å². The van der Waals surface area contributed by atoms with E-state index in [1.807, 2.05) is 4.90 Å². The average Bonchev–Trinajstić information content (AvgIpc) is 2.29. The SMILES string of the molecule is C[C@H](N)C(=O)NCCC(=O)N1CCCCC1. The van der Waals surface area contributed by atoms with Crippen LogP contribution in [0.2, 0.25) is 0 Å². The summed E-state index contributed by atoms with van der Waals surface area (Å²) in [5.74, 6) is -0.0730. The number of hydrogen-bond donors (Lipinski definition) is 2. The molecule has 1 heterocycles. The smallest absolute Gasteiger partial charge is 0.236 e. The first-order chi connectivity index (χ1) is 7.61. The second kappa shape index (κ2) is 6.48. The summed E-state index contributed by atoms with van der Waals surface area (Å²) < 4.78 is 0. The largest absolute Gasteiger partial charge is 0.354 e. The Balaban J connectivity index is 2.17. The van der Waals surface area contributed by atoms with Crippen molar-refractivity contribution in [1.29, 1.82) is 0 Å². The molecule has 92 valence electrons. The molecule has 1 atom stereocenters. The third-order valence-corrected chi connectivity index (χ3v) is 2.76. The van der Waals surface area contributed by atoms with E-state index in [0.717, 1.165) is 25.9 Å². The van der Waals surface area contributed by atoms with Crippen molar-refractivity contribution in [3.05, 3.63) is 0 Å². The van der Waals surface area contributed by atoms with Crippen molar-refractivity contribution in [2.45, 2.75) is 38.6 Å². The van der Waals surface area contributed by atoms with Gasteiger partial charge in [0.25, 0.3) is 0 Å². The number of piperidine rings is 1. The van der Waals surface area contributed by atoms with Gasteiger partial charge in [0.1, 0.15) is 0 Å². The number of hydrogen-bond acceptors (Lipinski definition) is 3. The molecule has 0 bridgehead atoms. The monoisotopic (exact) mass is 227 g/mol. The van der Waals surface area contributed by atoms with Crippen molar-refractivity contribution < 1.29 is 9.59 Å². The Labute approximate surface area is 96.4 Å². The number of rotatable bonds is 4. The number of likely N-dealkylation sites (tertiary alicyclic amines) is 1. The van der Waals surface area contributed by atoms with Crippen LogP contribution in [0.15, 0.2) is 0 Å². The molecule has 3 N–H and O–H groups in total. The molecule has 0 saturated carbocycles. The van der Waals surface area contributed by atoms with Crippen LogP contribution in [0.3, 0.4) is 0 Å². The van der Waals surface area contributed by atoms with Gasteiger partial charge in [-0.1, -0.05) is 0 Å². The van der Waals surface area contributed by atoms with Crippen LogP contribution in [-0.2, 0) is 9.59 Å². The van der Waals surface area contributed by atoms with Gasteiger partial charge in [-0.3, -0.25) is 9.59 Å². The fraction of sp³-hybridized carbons (Fsp3) is 0.818. The average molecular weight is 227 g/mol. The first kappa shape index (κ1) is 13.0. The minimum absolute atomic E-state index is 0.129. The second-order valence-corrected chi connectivity index (χ2v) is 4.27. The molecule has 0 aromatic heterocycles. The van der Waals surface area contributed by atoms with Gasteiger partial charge in [0.05, 0.1) is 6.04 Å². The standard InChI is InChI=1S/C11H21N3O2/c1-9(12)11(16)13-6-5-10(15)14-7-3-2-4-8-14/h9H,2-8,12H2,1H3,(H,13,16)/t9-/m0/s1. The van der Waals surface area contributed by atoms with E-state index < -0.39 is 6.04 Å². The minimum atomic E-state index is -0.509. The Morgan fingerprint density at radius 2 is 1.94 bits per heavy atom. The van der Waals surface area contributed by atoms with Gasteiger partial charge >= 0.3 is 0 Å². The lowest BCUT2D eigenvalue weighted by Crippen LogP contribution is -2.41. The summed E-state index contributed by atoms with van der Waals surface area (Å²) in [5, 5.41) is 2.64. The van der Waals surface area contributed by atoms with Crippen molar-refractivity contribution in [3.8, 4) is 0 Å². The normalized spacial score (nSPS) is 18.0. The predicted molar refractivity (Wildman–Crippen MR) is 61.7 cm³/mol. The second-order valence-electron chi connectivity index (χ2n) is 4.27. The minimum Gasteiger partial charge on any atom is -0.354 e. The van der Waals surface area contributed by atoms with Crippen molar-refractivity contribution in [2.24, 2.45) is 5.73 Å². The fourth-order valence-electron chi connectivity index (χ4n) is 1.76. The summed E-state index contributed by atoms with van der Waals surface area (Å²) in [6.45, 7) is 3.73. The molecule has 1 aliphatic rings. The Morgan fingerprint density at radius 1 is 1.31 bits per heavy atom. The van der Waals surface area contributed by atoms with E-state index in [9.17, 15) is 9.59 Å². The lowest BCUT2D eigenvalue weighted by molar-refractivity contribution is -0.132. The van der Waals surface area contributed by atoms with E-state index in [1.165, 1.54) is 6.42 Å².